The molecule has 1 amide bonds. The highest BCUT2D eigenvalue weighted by Crippen LogP contribution is 2.37. The molecular weight excluding hydrogens is 398 g/mol. The van der Waals surface area contributed by atoms with E-state index in [0.717, 1.165) is 31.2 Å². The van der Waals surface area contributed by atoms with Crippen LogP contribution in [0.1, 0.15) is 58.1 Å². The summed E-state index contributed by atoms with van der Waals surface area (Å²) in [7, 11) is 0. The van der Waals surface area contributed by atoms with Crippen molar-refractivity contribution in [2.24, 2.45) is 5.73 Å². The molecule has 8 nitrogen and oxygen atoms in total. The van der Waals surface area contributed by atoms with Gasteiger partial charge in [-0.2, -0.15) is 0 Å². The van der Waals surface area contributed by atoms with E-state index in [2.05, 4.69) is 10.2 Å². The van der Waals surface area contributed by atoms with Crippen molar-refractivity contribution < 1.29 is 24.1 Å². The number of benzene rings is 1. The summed E-state index contributed by atoms with van der Waals surface area (Å²) in [5.41, 5.74) is 6.68. The quantitative estimate of drug-likeness (QED) is 0.654. The molecule has 8 heteroatoms. The van der Waals surface area contributed by atoms with Crippen molar-refractivity contribution in [1.29, 1.82) is 0 Å². The van der Waals surface area contributed by atoms with Crippen LogP contribution < -0.4 is 20.5 Å². The average molecular weight is 434 g/mol. The van der Waals surface area contributed by atoms with Crippen LogP contribution in [0.4, 0.5) is 4.79 Å². The molecule has 1 aromatic carbocycles. The number of nitrogens with zero attached hydrogens (tertiary/aromatic N) is 1. The Balaban J connectivity index is 1.33. The lowest BCUT2D eigenvalue weighted by Gasteiger charge is -2.41. The maximum Gasteiger partial charge on any atom is 0.407 e. The van der Waals surface area contributed by atoms with Gasteiger partial charge in [0.05, 0.1) is 6.10 Å². The van der Waals surface area contributed by atoms with Crippen molar-refractivity contribution in [1.82, 2.24) is 10.2 Å². The van der Waals surface area contributed by atoms with Gasteiger partial charge in [0.25, 0.3) is 0 Å². The predicted molar refractivity (Wildman–Crippen MR) is 116 cm³/mol. The lowest BCUT2D eigenvalue weighted by molar-refractivity contribution is 0.0409. The molecule has 1 aromatic rings. The van der Waals surface area contributed by atoms with Crippen molar-refractivity contribution in [2.45, 2.75) is 82.3 Å². The normalized spacial score (nSPS) is 27.5. The van der Waals surface area contributed by atoms with Gasteiger partial charge in [0.2, 0.25) is 0 Å². The van der Waals surface area contributed by atoms with Gasteiger partial charge in [-0.1, -0.05) is 6.07 Å². The van der Waals surface area contributed by atoms with Crippen LogP contribution in [0.15, 0.2) is 18.2 Å². The van der Waals surface area contributed by atoms with Gasteiger partial charge in [-0.05, 0) is 64.2 Å². The van der Waals surface area contributed by atoms with Crippen molar-refractivity contribution in [2.75, 3.05) is 19.8 Å². The molecule has 172 valence electrons. The first-order valence-electron chi connectivity index (χ1n) is 11.3. The van der Waals surface area contributed by atoms with Crippen molar-refractivity contribution in [3.05, 3.63) is 23.8 Å². The maximum absolute atomic E-state index is 12.1. The molecule has 2 saturated heterocycles. The zero-order chi connectivity index (χ0) is 22.2. The second kappa shape index (κ2) is 8.84. The molecule has 0 aliphatic carbocycles. The Labute approximate surface area is 184 Å². The summed E-state index contributed by atoms with van der Waals surface area (Å²) in [6.07, 6.45) is 2.79. The first-order chi connectivity index (χ1) is 14.7. The number of hydrogen-bond acceptors (Lipinski definition) is 7. The molecule has 4 rings (SSSR count). The van der Waals surface area contributed by atoms with Crippen LogP contribution in [0, 0.1) is 0 Å². The number of rotatable bonds is 5. The number of aliphatic hydroxyl groups excluding tert-OH is 1. The standard InChI is InChI=1S/C23H35N3O5/c1-23(2,3)31-22(28)25-15-11-16-5-6-17(12-15)26(16)13-18(24)21(27)14-4-7-19-20(10-14)30-9-8-29-19/h4,7,10,15-18,21,27H,5-6,8-9,11-13,24H2,1-3H3,(H,25,28)/t15?,16?,17?,18-,21-/m1/s1. The number of aliphatic hydroxyl groups is 1. The Hall–Kier alpha value is -2.03. The largest absolute Gasteiger partial charge is 0.486 e. The Bertz CT molecular complexity index is 782. The van der Waals surface area contributed by atoms with Crippen LogP contribution in [0.25, 0.3) is 0 Å². The number of carbonyl (C=O) groups excluding carboxylic acids is 1. The average Bonchev–Trinajstić information content (AvgIpc) is 2.93. The van der Waals surface area contributed by atoms with Gasteiger partial charge < -0.3 is 30.4 Å². The van der Waals surface area contributed by atoms with E-state index in [-0.39, 0.29) is 12.1 Å². The molecule has 0 aromatic heterocycles. The van der Waals surface area contributed by atoms with Crippen molar-refractivity contribution in [3.8, 4) is 11.5 Å². The molecule has 0 saturated carbocycles. The van der Waals surface area contributed by atoms with E-state index in [1.54, 1.807) is 0 Å². The summed E-state index contributed by atoms with van der Waals surface area (Å²) in [6.45, 7) is 7.27. The molecular formula is C23H35N3O5. The lowest BCUT2D eigenvalue weighted by Crippen LogP contribution is -2.54. The van der Waals surface area contributed by atoms with Crippen LogP contribution in [-0.4, -0.2) is 65.6 Å². The van der Waals surface area contributed by atoms with E-state index < -0.39 is 17.7 Å². The third-order valence-electron chi connectivity index (χ3n) is 6.34. The van der Waals surface area contributed by atoms with E-state index in [9.17, 15) is 9.90 Å². The first-order valence-corrected chi connectivity index (χ1v) is 11.3. The molecule has 4 N–H and O–H groups in total. The number of fused-ring (bicyclic) bond motifs is 3. The third kappa shape index (κ3) is 5.25. The molecule has 3 heterocycles. The van der Waals surface area contributed by atoms with Crippen LogP contribution in [0.2, 0.25) is 0 Å². The number of nitrogens with two attached hydrogens (primary N) is 1. The van der Waals surface area contributed by atoms with E-state index in [1.165, 1.54) is 0 Å². The van der Waals surface area contributed by atoms with Crippen LogP contribution in [0.3, 0.4) is 0 Å². The molecule has 2 unspecified atom stereocenters. The van der Waals surface area contributed by atoms with E-state index in [4.69, 9.17) is 19.9 Å². The van der Waals surface area contributed by atoms with Crippen LogP contribution >= 0.6 is 0 Å². The fraction of sp³-hybridized carbons (Fsp3) is 0.696. The molecule has 2 bridgehead atoms. The number of nitrogens with one attached hydrogen (secondary N) is 1. The Morgan fingerprint density at radius 2 is 1.87 bits per heavy atom. The van der Waals surface area contributed by atoms with Gasteiger partial charge in [0.15, 0.2) is 11.5 Å². The summed E-state index contributed by atoms with van der Waals surface area (Å²) in [5, 5.41) is 13.9. The third-order valence-corrected chi connectivity index (χ3v) is 6.34. The summed E-state index contributed by atoms with van der Waals surface area (Å²) in [6, 6.07) is 5.92. The number of hydrogen-bond donors (Lipinski definition) is 3. The van der Waals surface area contributed by atoms with Crippen LogP contribution in [0.5, 0.6) is 11.5 Å². The second-order valence-electron chi connectivity index (χ2n) is 9.91. The SMILES string of the molecule is CC(C)(C)OC(=O)NC1CC2CCC(C1)N2C[C@@H](N)[C@H](O)c1ccc2c(c1)OCCO2. The van der Waals surface area contributed by atoms with E-state index in [1.807, 2.05) is 39.0 Å². The molecule has 0 spiro atoms. The molecule has 4 atom stereocenters. The number of ether oxygens (including phenoxy) is 3. The monoisotopic (exact) mass is 433 g/mol. The predicted octanol–water partition coefficient (Wildman–Crippen LogP) is 2.34. The first kappa shape index (κ1) is 22.2. The minimum Gasteiger partial charge on any atom is -0.486 e. The van der Waals surface area contributed by atoms with Gasteiger partial charge in [0, 0.05) is 30.7 Å². The van der Waals surface area contributed by atoms with Gasteiger partial charge in [-0.3, -0.25) is 4.90 Å². The summed E-state index contributed by atoms with van der Waals surface area (Å²) < 4.78 is 16.6. The number of amides is 1. The fourth-order valence-corrected chi connectivity index (χ4v) is 5.00. The number of alkyl carbamates (subject to hydrolysis) is 1. The summed E-state index contributed by atoms with van der Waals surface area (Å²) >= 11 is 0. The summed E-state index contributed by atoms with van der Waals surface area (Å²) in [5.74, 6) is 1.36. The highest BCUT2D eigenvalue weighted by molar-refractivity contribution is 5.68. The highest BCUT2D eigenvalue weighted by Gasteiger charge is 2.42. The topological polar surface area (TPSA) is 106 Å². The highest BCUT2D eigenvalue weighted by atomic mass is 16.6. The van der Waals surface area contributed by atoms with Crippen molar-refractivity contribution in [3.63, 3.8) is 0 Å². The zero-order valence-electron chi connectivity index (χ0n) is 18.7. The van der Waals surface area contributed by atoms with Crippen molar-refractivity contribution >= 4 is 6.09 Å². The van der Waals surface area contributed by atoms with E-state index in [0.29, 0.717) is 43.3 Å². The number of carbonyl (C=O) groups is 1. The smallest absolute Gasteiger partial charge is 0.407 e. The minimum atomic E-state index is -0.784. The van der Waals surface area contributed by atoms with Gasteiger partial charge >= 0.3 is 6.09 Å². The lowest BCUT2D eigenvalue weighted by atomic mass is 9.95. The molecule has 2 fully saturated rings. The molecule has 31 heavy (non-hydrogen) atoms. The minimum absolute atomic E-state index is 0.113. The maximum atomic E-state index is 12.1. The second-order valence-corrected chi connectivity index (χ2v) is 9.91. The van der Waals surface area contributed by atoms with Gasteiger partial charge in [-0.15, -0.1) is 0 Å². The molecule has 3 aliphatic rings. The zero-order valence-corrected chi connectivity index (χ0v) is 18.7. The Kier molecular flexibility index (Phi) is 6.32. The Morgan fingerprint density at radius 3 is 2.52 bits per heavy atom. The van der Waals surface area contributed by atoms with Crippen LogP contribution in [-0.2, 0) is 4.74 Å². The van der Waals surface area contributed by atoms with Gasteiger partial charge in [0.1, 0.15) is 18.8 Å². The molecule has 0 radical (unpaired) electrons. The fourth-order valence-electron chi connectivity index (χ4n) is 5.00. The Morgan fingerprint density at radius 1 is 1.23 bits per heavy atom. The summed E-state index contributed by atoms with van der Waals surface area (Å²) in [4.78, 5) is 14.6. The van der Waals surface area contributed by atoms with E-state index >= 15 is 0 Å². The van der Waals surface area contributed by atoms with Gasteiger partial charge in [-0.25, -0.2) is 4.79 Å². The number of piperidine rings is 1. The molecule has 3 aliphatic heterocycles.